The van der Waals surface area contributed by atoms with E-state index in [-0.39, 0.29) is 5.91 Å². The van der Waals surface area contributed by atoms with Gasteiger partial charge < -0.3 is 9.80 Å². The molecule has 0 spiro atoms. The van der Waals surface area contributed by atoms with E-state index in [2.05, 4.69) is 46.8 Å². The van der Waals surface area contributed by atoms with E-state index in [4.69, 9.17) is 0 Å². The molecule has 6 heteroatoms. The molecule has 3 rings (SSSR count). The van der Waals surface area contributed by atoms with Crippen LogP contribution in [0.3, 0.4) is 0 Å². The summed E-state index contributed by atoms with van der Waals surface area (Å²) in [5.41, 5.74) is 3.48. The number of carbonyl (C=O) groups is 1. The van der Waals surface area contributed by atoms with Crippen LogP contribution in [0.25, 0.3) is 11.3 Å². The van der Waals surface area contributed by atoms with Crippen LogP contribution in [0.15, 0.2) is 30.3 Å². The SMILES string of the molecule is Cc1cc(N2CCN(C(C)C)CC2)nnc1-c1cccc(C(=O)N(C)C)c1. The van der Waals surface area contributed by atoms with E-state index in [1.54, 1.807) is 19.0 Å². The molecule has 1 aromatic heterocycles. The molecule has 144 valence electrons. The lowest BCUT2D eigenvalue weighted by Crippen LogP contribution is -2.49. The zero-order chi connectivity index (χ0) is 19.6. The fourth-order valence-electron chi connectivity index (χ4n) is 3.44. The maximum absolute atomic E-state index is 12.2. The molecule has 0 atom stereocenters. The van der Waals surface area contributed by atoms with Crippen molar-refractivity contribution in [3.63, 3.8) is 0 Å². The summed E-state index contributed by atoms with van der Waals surface area (Å²) >= 11 is 0. The van der Waals surface area contributed by atoms with Crippen LogP contribution in [-0.4, -0.2) is 72.2 Å². The smallest absolute Gasteiger partial charge is 0.253 e. The van der Waals surface area contributed by atoms with Crippen molar-refractivity contribution in [2.75, 3.05) is 45.2 Å². The number of benzene rings is 1. The summed E-state index contributed by atoms with van der Waals surface area (Å²) in [7, 11) is 3.52. The number of nitrogens with zero attached hydrogens (tertiary/aromatic N) is 5. The van der Waals surface area contributed by atoms with Gasteiger partial charge in [0.2, 0.25) is 0 Å². The second-order valence-corrected chi connectivity index (χ2v) is 7.63. The molecule has 1 aromatic carbocycles. The largest absolute Gasteiger partial charge is 0.353 e. The van der Waals surface area contributed by atoms with Gasteiger partial charge in [-0.1, -0.05) is 12.1 Å². The Labute approximate surface area is 161 Å². The minimum Gasteiger partial charge on any atom is -0.353 e. The van der Waals surface area contributed by atoms with Crippen LogP contribution in [0.4, 0.5) is 5.82 Å². The van der Waals surface area contributed by atoms with Gasteiger partial charge in [0.05, 0.1) is 5.69 Å². The van der Waals surface area contributed by atoms with E-state index in [0.717, 1.165) is 48.8 Å². The molecule has 6 nitrogen and oxygen atoms in total. The number of anilines is 1. The molecule has 1 fully saturated rings. The third kappa shape index (κ3) is 4.27. The van der Waals surface area contributed by atoms with Gasteiger partial charge in [-0.2, -0.15) is 0 Å². The average Bonchev–Trinajstić information content (AvgIpc) is 2.67. The Balaban J connectivity index is 1.80. The van der Waals surface area contributed by atoms with E-state index in [9.17, 15) is 4.79 Å². The Bertz CT molecular complexity index is 810. The van der Waals surface area contributed by atoms with Crippen LogP contribution in [0.2, 0.25) is 0 Å². The third-order valence-electron chi connectivity index (χ3n) is 5.13. The van der Waals surface area contributed by atoms with Gasteiger partial charge in [-0.3, -0.25) is 9.69 Å². The maximum Gasteiger partial charge on any atom is 0.253 e. The Morgan fingerprint density at radius 3 is 2.37 bits per heavy atom. The minimum absolute atomic E-state index is 0.0119. The maximum atomic E-state index is 12.2. The zero-order valence-electron chi connectivity index (χ0n) is 16.9. The van der Waals surface area contributed by atoms with Crippen molar-refractivity contribution in [3.05, 3.63) is 41.5 Å². The molecule has 0 bridgehead atoms. The molecule has 0 saturated carbocycles. The second kappa shape index (κ2) is 8.05. The van der Waals surface area contributed by atoms with Crippen molar-refractivity contribution >= 4 is 11.7 Å². The van der Waals surface area contributed by atoms with Crippen molar-refractivity contribution < 1.29 is 4.79 Å². The average molecular weight is 367 g/mol. The molecule has 2 aromatic rings. The first-order valence-corrected chi connectivity index (χ1v) is 9.52. The Morgan fingerprint density at radius 1 is 1.07 bits per heavy atom. The first kappa shape index (κ1) is 19.3. The number of amides is 1. The summed E-state index contributed by atoms with van der Waals surface area (Å²) in [6, 6.07) is 10.3. The Morgan fingerprint density at radius 2 is 1.78 bits per heavy atom. The predicted molar refractivity (Wildman–Crippen MR) is 109 cm³/mol. The van der Waals surface area contributed by atoms with E-state index >= 15 is 0 Å². The Kier molecular flexibility index (Phi) is 5.75. The second-order valence-electron chi connectivity index (χ2n) is 7.63. The summed E-state index contributed by atoms with van der Waals surface area (Å²) in [5, 5.41) is 8.97. The van der Waals surface area contributed by atoms with Crippen molar-refractivity contribution in [3.8, 4) is 11.3 Å². The van der Waals surface area contributed by atoms with Gasteiger partial charge >= 0.3 is 0 Å². The molecule has 1 aliphatic rings. The summed E-state index contributed by atoms with van der Waals surface area (Å²) in [4.78, 5) is 18.6. The summed E-state index contributed by atoms with van der Waals surface area (Å²) in [6.45, 7) is 10.6. The van der Waals surface area contributed by atoms with Crippen molar-refractivity contribution in [2.45, 2.75) is 26.8 Å². The van der Waals surface area contributed by atoms with Gasteiger partial charge in [-0.05, 0) is 44.5 Å². The standard InChI is InChI=1S/C21H29N5O/c1-15(2)25-9-11-26(12-10-25)19-13-16(3)20(23-22-19)17-7-6-8-18(14-17)21(27)24(4)5/h6-8,13-15H,9-12H2,1-5H3. The van der Waals surface area contributed by atoms with Crippen LogP contribution in [0, 0.1) is 6.92 Å². The molecule has 27 heavy (non-hydrogen) atoms. The fraction of sp³-hybridized carbons (Fsp3) is 0.476. The fourth-order valence-corrected chi connectivity index (χ4v) is 3.44. The number of rotatable bonds is 4. The van der Waals surface area contributed by atoms with Crippen molar-refractivity contribution in [1.29, 1.82) is 0 Å². The first-order chi connectivity index (χ1) is 12.9. The molecule has 1 amide bonds. The number of aryl methyl sites for hydroxylation is 1. The quantitative estimate of drug-likeness (QED) is 0.832. The lowest BCUT2D eigenvalue weighted by Gasteiger charge is -2.37. The van der Waals surface area contributed by atoms with Gasteiger partial charge in [0.1, 0.15) is 0 Å². The first-order valence-electron chi connectivity index (χ1n) is 9.52. The lowest BCUT2D eigenvalue weighted by atomic mass is 10.0. The predicted octanol–water partition coefficient (Wildman–Crippen LogP) is 2.68. The van der Waals surface area contributed by atoms with Gasteiger partial charge in [0.25, 0.3) is 5.91 Å². The Hall–Kier alpha value is -2.47. The third-order valence-corrected chi connectivity index (χ3v) is 5.13. The molecular formula is C21H29N5O. The van der Waals surface area contributed by atoms with Gasteiger partial charge in [-0.25, -0.2) is 0 Å². The highest BCUT2D eigenvalue weighted by Gasteiger charge is 2.21. The summed E-state index contributed by atoms with van der Waals surface area (Å²) in [5.74, 6) is 0.919. The van der Waals surface area contributed by atoms with Crippen LogP contribution >= 0.6 is 0 Å². The summed E-state index contributed by atoms with van der Waals surface area (Å²) < 4.78 is 0. The zero-order valence-corrected chi connectivity index (χ0v) is 16.9. The van der Waals surface area contributed by atoms with E-state index < -0.39 is 0 Å². The van der Waals surface area contributed by atoms with Crippen LogP contribution in [-0.2, 0) is 0 Å². The number of hydrogen-bond acceptors (Lipinski definition) is 5. The van der Waals surface area contributed by atoms with Crippen molar-refractivity contribution in [2.24, 2.45) is 0 Å². The van der Waals surface area contributed by atoms with Gasteiger partial charge in [0.15, 0.2) is 5.82 Å². The highest BCUT2D eigenvalue weighted by molar-refractivity contribution is 5.95. The highest BCUT2D eigenvalue weighted by atomic mass is 16.2. The van der Waals surface area contributed by atoms with Gasteiger partial charge in [-0.15, -0.1) is 10.2 Å². The van der Waals surface area contributed by atoms with E-state index in [1.807, 2.05) is 24.3 Å². The number of hydrogen-bond donors (Lipinski definition) is 0. The normalized spacial score (nSPS) is 15.3. The molecule has 1 saturated heterocycles. The van der Waals surface area contributed by atoms with Crippen LogP contribution < -0.4 is 4.90 Å². The molecule has 0 aliphatic carbocycles. The van der Waals surface area contributed by atoms with E-state index in [1.165, 1.54) is 0 Å². The van der Waals surface area contributed by atoms with Crippen LogP contribution in [0.1, 0.15) is 29.8 Å². The highest BCUT2D eigenvalue weighted by Crippen LogP contribution is 2.25. The molecule has 2 heterocycles. The molecule has 0 radical (unpaired) electrons. The molecular weight excluding hydrogens is 338 g/mol. The lowest BCUT2D eigenvalue weighted by molar-refractivity contribution is 0.0827. The number of carbonyl (C=O) groups excluding carboxylic acids is 1. The number of piperazine rings is 1. The summed E-state index contributed by atoms with van der Waals surface area (Å²) in [6.07, 6.45) is 0. The topological polar surface area (TPSA) is 52.6 Å². The van der Waals surface area contributed by atoms with Gasteiger partial charge in [0, 0.05) is 57.4 Å². The van der Waals surface area contributed by atoms with Crippen molar-refractivity contribution in [1.82, 2.24) is 20.0 Å². The number of aromatic nitrogens is 2. The molecule has 0 unspecified atom stereocenters. The monoisotopic (exact) mass is 367 g/mol. The molecule has 1 aliphatic heterocycles. The minimum atomic E-state index is -0.0119. The van der Waals surface area contributed by atoms with Crippen LogP contribution in [0.5, 0.6) is 0 Å². The molecule has 0 N–H and O–H groups in total. The van der Waals surface area contributed by atoms with E-state index in [0.29, 0.717) is 11.6 Å².